The fourth-order valence-electron chi connectivity index (χ4n) is 4.53. The number of cyclic esters (lactones) is 1. The Morgan fingerprint density at radius 2 is 2.13 bits per heavy atom. The zero-order valence-corrected chi connectivity index (χ0v) is 16.7. The lowest BCUT2D eigenvalue weighted by Crippen LogP contribution is -2.44. The zero-order chi connectivity index (χ0) is 22.1. The number of carbonyl (C=O) groups excluding carboxylic acids is 1. The number of nitrogens with zero attached hydrogens (tertiary/aromatic N) is 2. The van der Waals surface area contributed by atoms with E-state index in [0.29, 0.717) is 22.3 Å². The molecular formula is C23H18FN3O4. The largest absolute Gasteiger partial charge is 0.458 e. The number of terminal acetylenes is 1. The van der Waals surface area contributed by atoms with Crippen LogP contribution in [-0.4, -0.2) is 20.6 Å². The van der Waals surface area contributed by atoms with Crippen LogP contribution in [0.1, 0.15) is 41.2 Å². The summed E-state index contributed by atoms with van der Waals surface area (Å²) in [6.45, 7) is 1.79. The number of hydrogen-bond donors (Lipinski definition) is 2. The van der Waals surface area contributed by atoms with Gasteiger partial charge < -0.3 is 20.1 Å². The molecule has 2 aliphatic heterocycles. The second-order valence-corrected chi connectivity index (χ2v) is 7.72. The van der Waals surface area contributed by atoms with E-state index in [-0.39, 0.29) is 48.4 Å². The van der Waals surface area contributed by atoms with Crippen LogP contribution in [0.15, 0.2) is 23.0 Å². The summed E-state index contributed by atoms with van der Waals surface area (Å²) in [6, 6.07) is 4.40. The number of fused-ring (bicyclic) bond motifs is 5. The number of benzene rings is 1. The van der Waals surface area contributed by atoms with Gasteiger partial charge in [-0.1, -0.05) is 12.8 Å². The third kappa shape index (κ3) is 2.45. The second-order valence-electron chi connectivity index (χ2n) is 7.72. The summed E-state index contributed by atoms with van der Waals surface area (Å²) in [6.07, 6.45) is 5.45. The number of pyridine rings is 2. The van der Waals surface area contributed by atoms with E-state index in [4.69, 9.17) is 16.9 Å². The van der Waals surface area contributed by atoms with Crippen molar-refractivity contribution < 1.29 is 19.0 Å². The number of rotatable bonds is 2. The molecule has 0 fully saturated rings. The van der Waals surface area contributed by atoms with Gasteiger partial charge in [-0.05, 0) is 24.1 Å². The molecule has 3 N–H and O–H groups in total. The van der Waals surface area contributed by atoms with E-state index in [1.54, 1.807) is 19.1 Å². The first-order valence-corrected chi connectivity index (χ1v) is 9.82. The first kappa shape index (κ1) is 19.4. The van der Waals surface area contributed by atoms with E-state index in [9.17, 15) is 19.1 Å². The van der Waals surface area contributed by atoms with Crippen molar-refractivity contribution in [2.24, 2.45) is 5.73 Å². The van der Waals surface area contributed by atoms with Crippen molar-refractivity contribution >= 4 is 16.9 Å². The third-order valence-electron chi connectivity index (χ3n) is 6.25. The van der Waals surface area contributed by atoms with Crippen LogP contribution in [0.2, 0.25) is 0 Å². The Bertz CT molecular complexity index is 1420. The molecule has 0 saturated carbocycles. The fourth-order valence-corrected chi connectivity index (χ4v) is 4.53. The van der Waals surface area contributed by atoms with E-state index in [1.807, 2.05) is 0 Å². The molecule has 2 aromatic heterocycles. The molecule has 0 amide bonds. The van der Waals surface area contributed by atoms with Gasteiger partial charge in [-0.25, -0.2) is 14.2 Å². The summed E-state index contributed by atoms with van der Waals surface area (Å²) in [5, 5.41) is 11.6. The molecule has 0 saturated heterocycles. The van der Waals surface area contributed by atoms with Crippen LogP contribution in [0.5, 0.6) is 0 Å². The maximum absolute atomic E-state index is 14.3. The molecule has 0 aliphatic carbocycles. The number of carbonyl (C=O) groups is 1. The predicted molar refractivity (Wildman–Crippen MR) is 110 cm³/mol. The monoisotopic (exact) mass is 419 g/mol. The van der Waals surface area contributed by atoms with Crippen LogP contribution in [-0.2, 0) is 34.8 Å². The van der Waals surface area contributed by atoms with Gasteiger partial charge in [0.1, 0.15) is 12.4 Å². The summed E-state index contributed by atoms with van der Waals surface area (Å²) in [7, 11) is 0. The smallest absolute Gasteiger partial charge is 0.343 e. The van der Waals surface area contributed by atoms with Crippen molar-refractivity contribution in [2.75, 3.05) is 0 Å². The molecule has 3 aromatic rings. The molecule has 1 atom stereocenters. The van der Waals surface area contributed by atoms with Crippen molar-refractivity contribution in [3.63, 3.8) is 0 Å². The molecule has 0 spiro atoms. The van der Waals surface area contributed by atoms with Crippen LogP contribution in [0, 0.1) is 18.2 Å². The molecule has 0 radical (unpaired) electrons. The topological polar surface area (TPSA) is 107 Å². The number of aromatic nitrogens is 2. The first-order valence-electron chi connectivity index (χ1n) is 9.82. The fraction of sp³-hybridized carbons (Fsp3) is 0.261. The average Bonchev–Trinajstić information content (AvgIpc) is 3.13. The lowest BCUT2D eigenvalue weighted by Gasteiger charge is -2.31. The number of halogens is 1. The quantitative estimate of drug-likeness (QED) is 0.378. The molecule has 1 aromatic carbocycles. The highest BCUT2D eigenvalue weighted by Crippen LogP contribution is 2.40. The number of ether oxygens (including phenoxy) is 1. The maximum atomic E-state index is 14.3. The summed E-state index contributed by atoms with van der Waals surface area (Å²) >= 11 is 0. The Balaban J connectivity index is 1.84. The number of nitrogens with two attached hydrogens (primary N) is 1. The molecule has 156 valence electrons. The highest BCUT2D eigenvalue weighted by molar-refractivity contribution is 5.90. The Labute approximate surface area is 176 Å². The minimum Gasteiger partial charge on any atom is -0.458 e. The lowest BCUT2D eigenvalue weighted by molar-refractivity contribution is -0.172. The van der Waals surface area contributed by atoms with E-state index < -0.39 is 17.4 Å². The Morgan fingerprint density at radius 1 is 1.35 bits per heavy atom. The summed E-state index contributed by atoms with van der Waals surface area (Å²) < 4.78 is 20.9. The Hall–Kier alpha value is -3.54. The Morgan fingerprint density at radius 3 is 2.81 bits per heavy atom. The van der Waals surface area contributed by atoms with Crippen LogP contribution in [0.4, 0.5) is 4.39 Å². The SMILES string of the molecule is C#Cc1cc2c(CN)c3c(nc2cc1F)-c1cc2c(c(=O)n1C3)COC(=O)[C@]2(O)CC. The molecule has 2 aliphatic rings. The summed E-state index contributed by atoms with van der Waals surface area (Å²) in [5.41, 5.74) is 7.04. The van der Waals surface area contributed by atoms with Crippen LogP contribution in [0.3, 0.4) is 0 Å². The summed E-state index contributed by atoms with van der Waals surface area (Å²) in [5.74, 6) is 0.953. The van der Waals surface area contributed by atoms with Crippen molar-refractivity contribution in [3.05, 3.63) is 62.2 Å². The molecular weight excluding hydrogens is 401 g/mol. The van der Waals surface area contributed by atoms with E-state index in [2.05, 4.69) is 10.9 Å². The van der Waals surface area contributed by atoms with Gasteiger partial charge in [-0.2, -0.15) is 0 Å². The van der Waals surface area contributed by atoms with Gasteiger partial charge in [-0.15, -0.1) is 6.42 Å². The van der Waals surface area contributed by atoms with E-state index in [0.717, 1.165) is 11.1 Å². The number of esters is 1. The van der Waals surface area contributed by atoms with Gasteiger partial charge >= 0.3 is 5.97 Å². The highest BCUT2D eigenvalue weighted by Gasteiger charge is 2.45. The molecule has 31 heavy (non-hydrogen) atoms. The van der Waals surface area contributed by atoms with Crippen LogP contribution in [0.25, 0.3) is 22.3 Å². The van der Waals surface area contributed by atoms with Crippen LogP contribution >= 0.6 is 0 Å². The normalized spacial score (nSPS) is 18.9. The Kier molecular flexibility index (Phi) is 4.06. The van der Waals surface area contributed by atoms with Crippen molar-refractivity contribution in [1.29, 1.82) is 0 Å². The van der Waals surface area contributed by atoms with Gasteiger partial charge in [0, 0.05) is 29.1 Å². The molecule has 8 heteroatoms. The predicted octanol–water partition coefficient (Wildman–Crippen LogP) is 1.66. The summed E-state index contributed by atoms with van der Waals surface area (Å²) in [4.78, 5) is 30.1. The molecule has 4 heterocycles. The minimum atomic E-state index is -1.91. The second kappa shape index (κ2) is 6.48. The van der Waals surface area contributed by atoms with Crippen molar-refractivity contribution in [1.82, 2.24) is 9.55 Å². The highest BCUT2D eigenvalue weighted by atomic mass is 19.1. The van der Waals surface area contributed by atoms with Crippen molar-refractivity contribution in [2.45, 2.75) is 38.6 Å². The van der Waals surface area contributed by atoms with Gasteiger partial charge in [0.25, 0.3) is 5.56 Å². The van der Waals surface area contributed by atoms with E-state index >= 15 is 0 Å². The van der Waals surface area contributed by atoms with Gasteiger partial charge in [0.05, 0.1) is 34.6 Å². The molecule has 0 unspecified atom stereocenters. The van der Waals surface area contributed by atoms with Crippen molar-refractivity contribution in [3.8, 4) is 23.7 Å². The first-order chi connectivity index (χ1) is 14.8. The molecule has 7 nitrogen and oxygen atoms in total. The maximum Gasteiger partial charge on any atom is 0.343 e. The minimum absolute atomic E-state index is 0.0495. The van der Waals surface area contributed by atoms with Crippen LogP contribution < -0.4 is 11.3 Å². The number of aliphatic hydroxyl groups is 1. The van der Waals surface area contributed by atoms with Gasteiger partial charge in [0.15, 0.2) is 5.60 Å². The zero-order valence-electron chi connectivity index (χ0n) is 16.7. The average molecular weight is 419 g/mol. The van der Waals surface area contributed by atoms with E-state index in [1.165, 1.54) is 10.6 Å². The third-order valence-corrected chi connectivity index (χ3v) is 6.25. The molecule has 0 bridgehead atoms. The number of hydrogen-bond acceptors (Lipinski definition) is 6. The van der Waals surface area contributed by atoms with Gasteiger partial charge in [0.2, 0.25) is 0 Å². The standard InChI is InChI=1S/C23H18FN3O4/c1-3-11-5-12-13(8-25)14-9-27-19(20(14)26-18(12)7-17(11)24)6-16-15(21(27)28)10-31-22(29)23(16,30)4-2/h1,5-7,30H,4,8-10,25H2,2H3/t23-/m0/s1. The molecule has 5 rings (SSSR count). The van der Waals surface area contributed by atoms with Gasteiger partial charge in [-0.3, -0.25) is 4.79 Å². The lowest BCUT2D eigenvalue weighted by atomic mass is 9.86.